The van der Waals surface area contributed by atoms with Crippen LogP contribution in [0.25, 0.3) is 10.9 Å². The number of hydrogen-bond acceptors (Lipinski definition) is 4. The lowest BCUT2D eigenvalue weighted by atomic mass is 10.1. The van der Waals surface area contributed by atoms with Crippen molar-refractivity contribution in [1.82, 2.24) is 4.98 Å². The molecule has 0 aliphatic carbocycles. The number of benzene rings is 2. The molecule has 6 heteroatoms. The minimum atomic E-state index is -1.02. The zero-order chi connectivity index (χ0) is 18.7. The van der Waals surface area contributed by atoms with Crippen LogP contribution in [0.1, 0.15) is 34.6 Å². The van der Waals surface area contributed by atoms with Crippen molar-refractivity contribution in [2.24, 2.45) is 0 Å². The molecule has 3 aromatic rings. The molecule has 132 valence electrons. The quantitative estimate of drug-likeness (QED) is 0.544. The summed E-state index contributed by atoms with van der Waals surface area (Å²) in [5, 5.41) is 3.36. The summed E-state index contributed by atoms with van der Waals surface area (Å²) in [6.07, 6.45) is 0.541. The number of ketones is 1. The Morgan fingerprint density at radius 3 is 2.46 bits per heavy atom. The highest BCUT2D eigenvalue weighted by atomic mass is 16.5. The van der Waals surface area contributed by atoms with Gasteiger partial charge >= 0.3 is 5.97 Å². The molecule has 0 radical (unpaired) electrons. The molecule has 0 saturated carbocycles. The molecule has 0 spiro atoms. The summed E-state index contributed by atoms with van der Waals surface area (Å²) in [7, 11) is 0. The number of amides is 1. The summed E-state index contributed by atoms with van der Waals surface area (Å²) in [4.78, 5) is 39.4. The van der Waals surface area contributed by atoms with Gasteiger partial charge < -0.3 is 15.0 Å². The van der Waals surface area contributed by atoms with E-state index in [9.17, 15) is 14.4 Å². The summed E-state index contributed by atoms with van der Waals surface area (Å²) >= 11 is 0. The highest BCUT2D eigenvalue weighted by molar-refractivity contribution is 6.07. The largest absolute Gasteiger partial charge is 0.449 e. The van der Waals surface area contributed by atoms with Gasteiger partial charge in [-0.1, -0.05) is 30.3 Å². The third kappa shape index (κ3) is 3.49. The number of nitrogens with one attached hydrogen (secondary N) is 2. The molecule has 1 aromatic heterocycles. The van der Waals surface area contributed by atoms with Gasteiger partial charge in [0, 0.05) is 22.7 Å². The van der Waals surface area contributed by atoms with Crippen LogP contribution in [-0.4, -0.2) is 28.7 Å². The Balaban J connectivity index is 1.72. The second-order valence-corrected chi connectivity index (χ2v) is 5.89. The Bertz CT molecular complexity index is 990. The maximum absolute atomic E-state index is 12.4. The van der Waals surface area contributed by atoms with Crippen molar-refractivity contribution >= 4 is 34.3 Å². The molecule has 3 rings (SSSR count). The van der Waals surface area contributed by atoms with Crippen LogP contribution < -0.4 is 5.32 Å². The van der Waals surface area contributed by atoms with E-state index in [1.54, 1.807) is 36.5 Å². The zero-order valence-corrected chi connectivity index (χ0v) is 14.4. The molecule has 0 aliphatic rings. The number of Topliss-reactive ketones (excluding diaryl/α,β-unsaturated/α-hetero) is 1. The number of ether oxygens (including phenoxy) is 1. The van der Waals surface area contributed by atoms with Gasteiger partial charge in [0.25, 0.3) is 5.91 Å². The van der Waals surface area contributed by atoms with E-state index in [4.69, 9.17) is 4.74 Å². The first-order chi connectivity index (χ1) is 12.5. The van der Waals surface area contributed by atoms with Gasteiger partial charge in [-0.05, 0) is 32.0 Å². The predicted octanol–water partition coefficient (Wildman–Crippen LogP) is 3.55. The fraction of sp³-hybridized carbons (Fsp3) is 0.150. The maximum atomic E-state index is 12.4. The number of anilines is 1. The van der Waals surface area contributed by atoms with Gasteiger partial charge in [0.2, 0.25) is 0 Å². The van der Waals surface area contributed by atoms with Crippen molar-refractivity contribution in [3.63, 3.8) is 0 Å². The molecule has 0 bridgehead atoms. The smallest absolute Gasteiger partial charge is 0.341 e. The van der Waals surface area contributed by atoms with Gasteiger partial charge in [0.1, 0.15) is 0 Å². The molecular weight excluding hydrogens is 332 g/mol. The number of para-hydroxylation sites is 2. The fourth-order valence-corrected chi connectivity index (χ4v) is 2.65. The van der Waals surface area contributed by atoms with Gasteiger partial charge in [-0.15, -0.1) is 0 Å². The Labute approximate surface area is 150 Å². The van der Waals surface area contributed by atoms with Crippen molar-refractivity contribution in [2.75, 3.05) is 5.32 Å². The van der Waals surface area contributed by atoms with Crippen molar-refractivity contribution in [3.8, 4) is 0 Å². The van der Waals surface area contributed by atoms with E-state index in [0.29, 0.717) is 16.8 Å². The molecule has 26 heavy (non-hydrogen) atoms. The summed E-state index contributed by atoms with van der Waals surface area (Å²) in [5.74, 6) is -1.26. The highest BCUT2D eigenvalue weighted by Gasteiger charge is 2.22. The molecule has 0 unspecified atom stereocenters. The molecule has 0 fully saturated rings. The van der Waals surface area contributed by atoms with Crippen LogP contribution in [0.4, 0.5) is 5.69 Å². The van der Waals surface area contributed by atoms with E-state index in [1.807, 2.05) is 18.2 Å². The number of hydrogen-bond donors (Lipinski definition) is 2. The van der Waals surface area contributed by atoms with Crippen molar-refractivity contribution in [2.45, 2.75) is 20.0 Å². The van der Waals surface area contributed by atoms with Gasteiger partial charge in [0.15, 0.2) is 11.9 Å². The monoisotopic (exact) mass is 350 g/mol. The summed E-state index contributed by atoms with van der Waals surface area (Å²) in [5.41, 5.74) is 1.97. The number of rotatable bonds is 5. The standard InChI is InChI=1S/C20H18N2O4/c1-12(23)14-7-3-6-10-18(14)22-19(24)13(2)26-20(25)16-11-21-17-9-5-4-8-15(16)17/h3-11,13,21H,1-2H3,(H,22,24)/t13-/m1/s1. The Kier molecular flexibility index (Phi) is 4.84. The van der Waals surface area contributed by atoms with E-state index >= 15 is 0 Å². The van der Waals surface area contributed by atoms with Crippen LogP contribution in [-0.2, 0) is 9.53 Å². The average Bonchev–Trinajstić information content (AvgIpc) is 3.06. The van der Waals surface area contributed by atoms with Crippen molar-refractivity contribution in [1.29, 1.82) is 0 Å². The van der Waals surface area contributed by atoms with Crippen LogP contribution in [0.3, 0.4) is 0 Å². The summed E-state index contributed by atoms with van der Waals surface area (Å²) in [6, 6.07) is 14.0. The van der Waals surface area contributed by atoms with Gasteiger partial charge in [-0.2, -0.15) is 0 Å². The predicted molar refractivity (Wildman–Crippen MR) is 98.3 cm³/mol. The minimum Gasteiger partial charge on any atom is -0.449 e. The first-order valence-corrected chi connectivity index (χ1v) is 8.15. The molecule has 2 aromatic carbocycles. The fourth-order valence-electron chi connectivity index (χ4n) is 2.65. The van der Waals surface area contributed by atoms with Gasteiger partial charge in [-0.3, -0.25) is 9.59 Å². The van der Waals surface area contributed by atoms with Crippen LogP contribution in [0.5, 0.6) is 0 Å². The average molecular weight is 350 g/mol. The summed E-state index contributed by atoms with van der Waals surface area (Å²) in [6.45, 7) is 2.91. The van der Waals surface area contributed by atoms with E-state index in [-0.39, 0.29) is 5.78 Å². The maximum Gasteiger partial charge on any atom is 0.341 e. The van der Waals surface area contributed by atoms with Crippen LogP contribution in [0, 0.1) is 0 Å². The molecule has 2 N–H and O–H groups in total. The van der Waals surface area contributed by atoms with E-state index in [1.165, 1.54) is 13.8 Å². The molecule has 1 heterocycles. The number of aromatic amines is 1. The van der Waals surface area contributed by atoms with Gasteiger partial charge in [-0.25, -0.2) is 4.79 Å². The number of carbonyl (C=O) groups is 3. The van der Waals surface area contributed by atoms with E-state index in [0.717, 1.165) is 10.9 Å². The van der Waals surface area contributed by atoms with E-state index in [2.05, 4.69) is 10.3 Å². The van der Waals surface area contributed by atoms with Crippen molar-refractivity contribution < 1.29 is 19.1 Å². The van der Waals surface area contributed by atoms with Crippen LogP contribution in [0.2, 0.25) is 0 Å². The number of carbonyl (C=O) groups excluding carboxylic acids is 3. The van der Waals surface area contributed by atoms with Crippen molar-refractivity contribution in [3.05, 3.63) is 65.9 Å². The first-order valence-electron chi connectivity index (χ1n) is 8.15. The zero-order valence-electron chi connectivity index (χ0n) is 14.4. The second-order valence-electron chi connectivity index (χ2n) is 5.89. The Morgan fingerprint density at radius 2 is 1.69 bits per heavy atom. The topological polar surface area (TPSA) is 88.3 Å². The molecular formula is C20H18N2O4. The lowest BCUT2D eigenvalue weighted by Gasteiger charge is -2.14. The molecule has 0 aliphatic heterocycles. The minimum absolute atomic E-state index is 0.163. The SMILES string of the molecule is CC(=O)c1ccccc1NC(=O)[C@@H](C)OC(=O)c1c[nH]c2ccccc12. The first kappa shape index (κ1) is 17.4. The third-order valence-electron chi connectivity index (χ3n) is 4.03. The Morgan fingerprint density at radius 1 is 1.00 bits per heavy atom. The molecule has 6 nitrogen and oxygen atoms in total. The lowest BCUT2D eigenvalue weighted by molar-refractivity contribution is -0.123. The number of H-pyrrole nitrogens is 1. The Hall–Kier alpha value is -3.41. The van der Waals surface area contributed by atoms with Gasteiger partial charge in [0.05, 0.1) is 11.3 Å². The molecule has 1 atom stereocenters. The van der Waals surface area contributed by atoms with Crippen LogP contribution in [0.15, 0.2) is 54.7 Å². The molecule has 1 amide bonds. The molecule has 0 saturated heterocycles. The number of esters is 1. The normalized spacial score (nSPS) is 11.8. The highest BCUT2D eigenvalue weighted by Crippen LogP contribution is 2.20. The number of fused-ring (bicyclic) bond motifs is 1. The van der Waals surface area contributed by atoms with E-state index < -0.39 is 18.0 Å². The second kappa shape index (κ2) is 7.23. The number of aromatic nitrogens is 1. The third-order valence-corrected chi connectivity index (χ3v) is 4.03. The van der Waals surface area contributed by atoms with Crippen LogP contribution >= 0.6 is 0 Å². The lowest BCUT2D eigenvalue weighted by Crippen LogP contribution is -2.30. The summed E-state index contributed by atoms with van der Waals surface area (Å²) < 4.78 is 5.28.